The minimum absolute atomic E-state index is 0.472. The van der Waals surface area contributed by atoms with E-state index in [1.165, 1.54) is 0 Å². The van der Waals surface area contributed by atoms with Crippen LogP contribution in [-0.2, 0) is 26.1 Å². The Morgan fingerprint density at radius 3 is 1.18 bits per heavy atom. The number of unbranched alkanes of at least 4 members (excludes halogenated alkanes) is 1. The molecule has 0 aromatic carbocycles. The molecule has 0 aliphatic heterocycles. The SMILES string of the molecule is CC(=O)O.CC(=O)O.[Cl][Pt+2][Cl].[NH-]CCCC[NH-]. The molecule has 0 amide bonds. The second-order valence-electron chi connectivity index (χ2n) is 2.29. The Hall–Kier alpha value is 0.128. The Balaban J connectivity index is -0.0000000688. The van der Waals surface area contributed by atoms with Crippen molar-refractivity contribution in [3.63, 3.8) is 0 Å². The van der Waals surface area contributed by atoms with Crippen molar-refractivity contribution in [3.8, 4) is 0 Å². The minimum Gasteiger partial charge on any atom is -0.677 e. The van der Waals surface area contributed by atoms with E-state index in [1.54, 1.807) is 0 Å². The van der Waals surface area contributed by atoms with E-state index in [-0.39, 0.29) is 0 Å². The zero-order chi connectivity index (χ0) is 14.7. The molecule has 0 saturated heterocycles. The number of nitrogens with one attached hydrogen (secondary N) is 2. The molecule has 0 fully saturated rings. The first-order valence-electron chi connectivity index (χ1n) is 4.30. The Morgan fingerprint density at radius 2 is 1.12 bits per heavy atom. The number of halogens is 2. The third-order valence-electron chi connectivity index (χ3n) is 0.604. The van der Waals surface area contributed by atoms with Gasteiger partial charge in [0.05, 0.1) is 0 Å². The molecule has 0 aliphatic rings. The van der Waals surface area contributed by atoms with Crippen LogP contribution in [0.25, 0.3) is 11.5 Å². The van der Waals surface area contributed by atoms with Crippen LogP contribution in [0, 0.1) is 0 Å². The number of rotatable bonds is 3. The molecular weight excluding hydrogens is 454 g/mol. The zero-order valence-corrected chi connectivity index (χ0v) is 13.4. The quantitative estimate of drug-likeness (QED) is 0.612. The van der Waals surface area contributed by atoms with Gasteiger partial charge in [-0.05, 0) is 0 Å². The van der Waals surface area contributed by atoms with E-state index in [0.717, 1.165) is 26.7 Å². The molecule has 9 heteroatoms. The van der Waals surface area contributed by atoms with Gasteiger partial charge in [-0.1, -0.05) is 12.8 Å². The molecule has 0 rings (SSSR count). The summed E-state index contributed by atoms with van der Waals surface area (Å²) in [7, 11) is 9.75. The summed E-state index contributed by atoms with van der Waals surface area (Å²) in [5, 5.41) is 14.8. The molecule has 0 radical (unpaired) electrons. The van der Waals surface area contributed by atoms with Gasteiger partial charge in [0, 0.05) is 13.8 Å². The average molecular weight is 472 g/mol. The summed E-state index contributed by atoms with van der Waals surface area (Å²) in [6.07, 6.45) is 1.78. The molecule has 0 saturated carbocycles. The largest absolute Gasteiger partial charge is 0.677 e. The van der Waals surface area contributed by atoms with E-state index in [9.17, 15) is 0 Å². The first-order valence-corrected chi connectivity index (χ1v) is 9.93. The van der Waals surface area contributed by atoms with Crippen molar-refractivity contribution in [1.29, 1.82) is 0 Å². The molecule has 0 atom stereocenters. The predicted molar refractivity (Wildman–Crippen MR) is 65.9 cm³/mol. The Kier molecular flexibility index (Phi) is 45.3. The second kappa shape index (κ2) is 29.8. The van der Waals surface area contributed by atoms with Gasteiger partial charge >= 0.3 is 35.3 Å². The van der Waals surface area contributed by atoms with E-state index < -0.39 is 28.4 Å². The van der Waals surface area contributed by atoms with E-state index >= 15 is 0 Å². The normalized spacial score (nSPS) is 7.41. The van der Waals surface area contributed by atoms with Gasteiger partial charge < -0.3 is 21.7 Å². The smallest absolute Gasteiger partial charge is 0.0741 e. The van der Waals surface area contributed by atoms with Crippen LogP contribution in [0.4, 0.5) is 0 Å². The van der Waals surface area contributed by atoms with Crippen molar-refractivity contribution in [3.05, 3.63) is 11.5 Å². The number of hydrogen-bond acceptors (Lipinski definition) is 2. The number of aliphatic carboxylic acids is 2. The number of carbonyl (C=O) groups is 2. The maximum Gasteiger partial charge on any atom is -0.0741 e. The first-order chi connectivity index (χ1) is 7.79. The molecule has 0 heterocycles. The van der Waals surface area contributed by atoms with Crippen LogP contribution in [0.1, 0.15) is 26.7 Å². The Morgan fingerprint density at radius 1 is 1.00 bits per heavy atom. The summed E-state index contributed by atoms with van der Waals surface area (Å²) in [4.78, 5) is 18.0. The maximum atomic E-state index is 9.00. The maximum absolute atomic E-state index is 9.00. The van der Waals surface area contributed by atoms with Gasteiger partial charge in [0.15, 0.2) is 0 Å². The van der Waals surface area contributed by atoms with Gasteiger partial charge in [-0.25, -0.2) is 0 Å². The molecule has 108 valence electrons. The van der Waals surface area contributed by atoms with E-state index in [4.69, 9.17) is 50.1 Å². The molecule has 0 aromatic heterocycles. The molecule has 0 bridgehead atoms. The van der Waals surface area contributed by atoms with Crippen LogP contribution in [0.5, 0.6) is 0 Å². The molecule has 17 heavy (non-hydrogen) atoms. The fourth-order valence-electron chi connectivity index (χ4n) is 0.250. The van der Waals surface area contributed by atoms with Crippen LogP contribution >= 0.6 is 18.8 Å². The molecule has 6 nitrogen and oxygen atoms in total. The zero-order valence-electron chi connectivity index (χ0n) is 9.61. The minimum atomic E-state index is -0.833. The van der Waals surface area contributed by atoms with E-state index in [2.05, 4.69) is 0 Å². The molecule has 0 aliphatic carbocycles. The average Bonchev–Trinajstić information content (AvgIpc) is 2.14. The van der Waals surface area contributed by atoms with Gasteiger partial charge in [0.25, 0.3) is 11.9 Å². The summed E-state index contributed by atoms with van der Waals surface area (Å²) in [6.45, 7) is 3.14. The van der Waals surface area contributed by atoms with Crippen LogP contribution in [0.15, 0.2) is 0 Å². The van der Waals surface area contributed by atoms with Gasteiger partial charge in [0.1, 0.15) is 0 Å². The monoisotopic (exact) mass is 471 g/mol. The van der Waals surface area contributed by atoms with Crippen LogP contribution < -0.4 is 0 Å². The standard InChI is InChI=1S/C4H10N2.2C2H4O2.2ClH.Pt/c5-3-1-2-4-6;2*1-2(3)4;;;/h5-6H,1-4H2;2*1H3,(H,3,4);2*1H;/q-2;;;;;+4/p-2. The molecule has 4 N–H and O–H groups in total. The Bertz CT molecular complexity index is 140. The van der Waals surface area contributed by atoms with E-state index in [0.29, 0.717) is 13.1 Å². The topological polar surface area (TPSA) is 122 Å². The fraction of sp³-hybridized carbons (Fsp3) is 0.750. The second-order valence-corrected chi connectivity index (χ2v) is 5.57. The summed E-state index contributed by atoms with van der Waals surface area (Å²) < 4.78 is 0. The van der Waals surface area contributed by atoms with Crippen LogP contribution in [0.3, 0.4) is 0 Å². The Labute approximate surface area is 118 Å². The number of carboxylic acids is 2. The summed E-state index contributed by atoms with van der Waals surface area (Å²) >= 11 is -0.472. The summed E-state index contributed by atoms with van der Waals surface area (Å²) in [5.41, 5.74) is 13.2. The van der Waals surface area contributed by atoms with Gasteiger partial charge in [0.2, 0.25) is 0 Å². The van der Waals surface area contributed by atoms with Gasteiger partial charge in [-0.2, -0.15) is 13.1 Å². The summed E-state index contributed by atoms with van der Waals surface area (Å²) in [6, 6.07) is 0. The first kappa shape index (κ1) is 25.9. The van der Waals surface area contributed by atoms with Crippen molar-refractivity contribution < 1.29 is 36.3 Å². The number of carboxylic acid groups (broad SMARTS) is 2. The van der Waals surface area contributed by atoms with Crippen molar-refractivity contribution >= 4 is 30.8 Å². The molecule has 0 aromatic rings. The van der Waals surface area contributed by atoms with Crippen molar-refractivity contribution in [2.45, 2.75) is 26.7 Å². The fourth-order valence-corrected chi connectivity index (χ4v) is 0.250. The molecule has 0 spiro atoms. The van der Waals surface area contributed by atoms with E-state index in [1.807, 2.05) is 0 Å². The van der Waals surface area contributed by atoms with Crippen molar-refractivity contribution in [2.75, 3.05) is 13.1 Å². The molecule has 0 unspecified atom stereocenters. The van der Waals surface area contributed by atoms with Crippen LogP contribution in [-0.4, -0.2) is 35.2 Å². The van der Waals surface area contributed by atoms with Gasteiger partial charge in [-0.15, -0.1) is 0 Å². The third kappa shape index (κ3) is 329. The number of hydrogen-bond donors (Lipinski definition) is 2. The predicted octanol–water partition coefficient (Wildman–Crippen LogP) is 3.43. The van der Waals surface area contributed by atoms with Crippen molar-refractivity contribution in [2.24, 2.45) is 0 Å². The summed E-state index contributed by atoms with van der Waals surface area (Å²) in [5.74, 6) is -1.67. The molecular formula is C8H18Cl2N2O4Pt. The van der Waals surface area contributed by atoms with Crippen LogP contribution in [0.2, 0.25) is 0 Å². The third-order valence-corrected chi connectivity index (χ3v) is 0.604. The van der Waals surface area contributed by atoms with Gasteiger partial charge in [-0.3, -0.25) is 9.59 Å². The van der Waals surface area contributed by atoms with Crippen molar-refractivity contribution in [1.82, 2.24) is 0 Å².